The summed E-state index contributed by atoms with van der Waals surface area (Å²) >= 11 is 4.66. The lowest BCUT2D eigenvalue weighted by atomic mass is 10.2. The van der Waals surface area contributed by atoms with Gasteiger partial charge in [0.05, 0.1) is 18.0 Å². The molecule has 0 aliphatic heterocycles. The summed E-state index contributed by atoms with van der Waals surface area (Å²) in [7, 11) is 0. The molecular formula is C14H19N5O2S. The lowest BCUT2D eigenvalue weighted by molar-refractivity contribution is -0.134. The predicted octanol–water partition coefficient (Wildman–Crippen LogP) is 1.54. The highest BCUT2D eigenvalue weighted by atomic mass is 32.1. The van der Waals surface area contributed by atoms with Gasteiger partial charge >= 0.3 is 5.97 Å². The van der Waals surface area contributed by atoms with Crippen molar-refractivity contribution in [3.63, 3.8) is 0 Å². The topological polar surface area (TPSA) is 101 Å². The van der Waals surface area contributed by atoms with Crippen LogP contribution in [0.5, 0.6) is 0 Å². The molecule has 0 fully saturated rings. The molecule has 4 N–H and O–H groups in total. The average Bonchev–Trinajstić information content (AvgIpc) is 2.47. The van der Waals surface area contributed by atoms with E-state index in [1.54, 1.807) is 13.8 Å². The molecule has 0 saturated carbocycles. The number of carbonyl (C=O) groups excluding carboxylic acids is 1. The van der Waals surface area contributed by atoms with E-state index < -0.39 is 5.97 Å². The van der Waals surface area contributed by atoms with Gasteiger partial charge in [-0.1, -0.05) is 18.2 Å². The summed E-state index contributed by atoms with van der Waals surface area (Å²) < 4.78 is 4.97. The van der Waals surface area contributed by atoms with Crippen LogP contribution in [0, 0.1) is 6.92 Å². The van der Waals surface area contributed by atoms with Crippen LogP contribution in [0.3, 0.4) is 0 Å². The van der Waals surface area contributed by atoms with Crippen LogP contribution in [-0.2, 0) is 9.53 Å². The second-order valence-electron chi connectivity index (χ2n) is 4.28. The van der Waals surface area contributed by atoms with E-state index in [0.717, 1.165) is 11.3 Å². The Hall–Kier alpha value is -2.48. The van der Waals surface area contributed by atoms with Crippen LogP contribution in [0.25, 0.3) is 0 Å². The largest absolute Gasteiger partial charge is 0.461 e. The highest BCUT2D eigenvalue weighted by Crippen LogP contribution is 2.13. The third kappa shape index (κ3) is 5.49. The Morgan fingerprint density at radius 3 is 2.64 bits per heavy atom. The molecule has 7 nitrogen and oxygen atoms in total. The highest BCUT2D eigenvalue weighted by molar-refractivity contribution is 7.80. The van der Waals surface area contributed by atoms with Gasteiger partial charge in [-0.25, -0.2) is 4.79 Å². The fourth-order valence-electron chi connectivity index (χ4n) is 1.48. The van der Waals surface area contributed by atoms with Gasteiger partial charge in [0.2, 0.25) is 0 Å². The molecule has 0 atom stereocenters. The summed E-state index contributed by atoms with van der Waals surface area (Å²) in [6, 6.07) is 7.55. The summed E-state index contributed by atoms with van der Waals surface area (Å²) in [5.74, 6) is -0.588. The minimum Gasteiger partial charge on any atom is -0.461 e. The molecule has 1 rings (SSSR count). The normalized spacial score (nSPS) is 11.8. The fraction of sp³-hybridized carbons (Fsp3) is 0.286. The third-order valence-corrected chi connectivity index (χ3v) is 2.67. The fourth-order valence-corrected chi connectivity index (χ4v) is 1.53. The molecule has 0 amide bonds. The van der Waals surface area contributed by atoms with Crippen molar-refractivity contribution in [2.24, 2.45) is 15.9 Å². The molecule has 0 unspecified atom stereocenters. The number of carbonyl (C=O) groups is 1. The first-order chi connectivity index (χ1) is 10.5. The second-order valence-corrected chi connectivity index (χ2v) is 4.72. The van der Waals surface area contributed by atoms with Crippen molar-refractivity contribution >= 4 is 40.4 Å². The highest BCUT2D eigenvalue weighted by Gasteiger charge is 2.17. The first-order valence-electron chi connectivity index (χ1n) is 6.62. The van der Waals surface area contributed by atoms with Crippen molar-refractivity contribution in [2.45, 2.75) is 20.8 Å². The van der Waals surface area contributed by atoms with Crippen LogP contribution in [0.4, 0.5) is 5.69 Å². The van der Waals surface area contributed by atoms with Crippen molar-refractivity contribution < 1.29 is 9.53 Å². The number of hydrogen-bond acceptors (Lipinski definition) is 6. The standard InChI is InChI=1S/C14H19N5O2S/c1-4-21-13(20)12(10(3)16-19-14(15)22)18-17-11-8-6-5-7-9(11)2/h5-8,17H,4H2,1-3H3,(H3,15,19,22)/b16-10+,18-12-. The Balaban J connectivity index is 3.01. The number of rotatable bonds is 6. The van der Waals surface area contributed by atoms with Crippen LogP contribution in [0.2, 0.25) is 0 Å². The van der Waals surface area contributed by atoms with Crippen LogP contribution >= 0.6 is 12.2 Å². The van der Waals surface area contributed by atoms with E-state index >= 15 is 0 Å². The Morgan fingerprint density at radius 1 is 1.36 bits per heavy atom. The van der Waals surface area contributed by atoms with Gasteiger partial charge in [0.1, 0.15) is 0 Å². The van der Waals surface area contributed by atoms with Crippen LogP contribution in [0.1, 0.15) is 19.4 Å². The summed E-state index contributed by atoms with van der Waals surface area (Å²) in [5.41, 5.74) is 12.7. The van der Waals surface area contributed by atoms with E-state index in [9.17, 15) is 4.79 Å². The minimum absolute atomic E-state index is 0.00516. The summed E-state index contributed by atoms with van der Waals surface area (Å²) in [6.45, 7) is 5.47. The zero-order valence-electron chi connectivity index (χ0n) is 12.7. The van der Waals surface area contributed by atoms with Crippen molar-refractivity contribution in [1.82, 2.24) is 5.43 Å². The van der Waals surface area contributed by atoms with Gasteiger partial charge in [-0.2, -0.15) is 10.2 Å². The number of nitrogens with zero attached hydrogens (tertiary/aromatic N) is 2. The van der Waals surface area contributed by atoms with Gasteiger partial charge in [-0.3, -0.25) is 10.9 Å². The Bertz CT molecular complexity index is 613. The molecule has 118 valence electrons. The predicted molar refractivity (Wildman–Crippen MR) is 91.9 cm³/mol. The van der Waals surface area contributed by atoms with Gasteiger partial charge < -0.3 is 10.5 Å². The number of esters is 1. The molecule has 22 heavy (non-hydrogen) atoms. The molecule has 8 heteroatoms. The number of hydrazone groups is 2. The van der Waals surface area contributed by atoms with Gasteiger partial charge in [0.25, 0.3) is 0 Å². The van der Waals surface area contributed by atoms with Crippen molar-refractivity contribution in [3.8, 4) is 0 Å². The molecule has 0 aliphatic rings. The van der Waals surface area contributed by atoms with Gasteiger partial charge in [0, 0.05) is 0 Å². The molecule has 1 aromatic rings. The van der Waals surface area contributed by atoms with Crippen molar-refractivity contribution in [1.29, 1.82) is 0 Å². The van der Waals surface area contributed by atoms with E-state index in [0.29, 0.717) is 5.71 Å². The smallest absolute Gasteiger partial charge is 0.360 e. The number of anilines is 1. The summed E-state index contributed by atoms with van der Waals surface area (Å²) in [5, 5.41) is 7.97. The number of para-hydroxylation sites is 1. The maximum Gasteiger partial charge on any atom is 0.360 e. The third-order valence-electron chi connectivity index (χ3n) is 2.58. The van der Waals surface area contributed by atoms with Crippen LogP contribution < -0.4 is 16.6 Å². The number of ether oxygens (including phenoxy) is 1. The molecule has 0 bridgehead atoms. The van der Waals surface area contributed by atoms with E-state index in [2.05, 4.69) is 33.3 Å². The average molecular weight is 321 g/mol. The molecule has 0 heterocycles. The zero-order chi connectivity index (χ0) is 16.5. The monoisotopic (exact) mass is 321 g/mol. The number of nitrogens with two attached hydrogens (primary N) is 1. The van der Waals surface area contributed by atoms with Crippen molar-refractivity contribution in [2.75, 3.05) is 12.0 Å². The van der Waals surface area contributed by atoms with E-state index in [4.69, 9.17) is 10.5 Å². The van der Waals surface area contributed by atoms with Crippen LogP contribution in [-0.4, -0.2) is 29.1 Å². The number of hydrogen-bond donors (Lipinski definition) is 3. The van der Waals surface area contributed by atoms with Crippen LogP contribution in [0.15, 0.2) is 34.5 Å². The Kier molecular flexibility index (Phi) is 6.97. The quantitative estimate of drug-likeness (QED) is 0.318. The Morgan fingerprint density at radius 2 is 2.05 bits per heavy atom. The zero-order valence-corrected chi connectivity index (χ0v) is 13.5. The molecule has 0 radical (unpaired) electrons. The minimum atomic E-state index is -0.588. The maximum absolute atomic E-state index is 12.0. The first-order valence-corrected chi connectivity index (χ1v) is 7.03. The number of nitrogens with one attached hydrogen (secondary N) is 2. The summed E-state index contributed by atoms with van der Waals surface area (Å²) in [6.07, 6.45) is 0. The molecule has 0 saturated heterocycles. The SMILES string of the molecule is CCOC(=O)C(=N\Nc1ccccc1C)/C(C)=N/NC(N)=S. The molecule has 1 aromatic carbocycles. The van der Waals surface area contributed by atoms with Gasteiger partial charge in [0.15, 0.2) is 10.8 Å². The van der Waals surface area contributed by atoms with E-state index in [1.807, 2.05) is 31.2 Å². The first kappa shape index (κ1) is 17.6. The Labute approximate surface area is 134 Å². The lowest BCUT2D eigenvalue weighted by Gasteiger charge is -2.08. The van der Waals surface area contributed by atoms with Gasteiger partial charge in [-0.15, -0.1) is 0 Å². The molecule has 0 spiro atoms. The maximum atomic E-state index is 12.0. The number of thiocarbonyl (C=S) groups is 1. The number of aryl methyl sites for hydroxylation is 1. The number of benzene rings is 1. The molecule has 0 aromatic heterocycles. The van der Waals surface area contributed by atoms with Crippen molar-refractivity contribution in [3.05, 3.63) is 29.8 Å². The second kappa shape index (κ2) is 8.73. The van der Waals surface area contributed by atoms with Gasteiger partial charge in [-0.05, 0) is 44.6 Å². The summed E-state index contributed by atoms with van der Waals surface area (Å²) in [4.78, 5) is 12.0. The molecule has 0 aliphatic carbocycles. The van der Waals surface area contributed by atoms with E-state index in [1.165, 1.54) is 0 Å². The van der Waals surface area contributed by atoms with E-state index in [-0.39, 0.29) is 17.4 Å². The molecular weight excluding hydrogens is 302 g/mol. The lowest BCUT2D eigenvalue weighted by Crippen LogP contribution is -2.30.